The number of thioether (sulfide) groups is 1. The monoisotopic (exact) mass is 295 g/mol. The van der Waals surface area contributed by atoms with Gasteiger partial charge in [0.15, 0.2) is 0 Å². The van der Waals surface area contributed by atoms with Crippen LogP contribution in [0.15, 0.2) is 71.8 Å². The molecule has 21 heavy (non-hydrogen) atoms. The van der Waals surface area contributed by atoms with Crippen LogP contribution in [0.2, 0.25) is 0 Å². The first kappa shape index (κ1) is 13.8. The molecule has 0 saturated carbocycles. The number of hydrogen-bond acceptors (Lipinski definition) is 3. The molecule has 4 heteroatoms. The first-order valence-corrected chi connectivity index (χ1v) is 8.06. The zero-order valence-electron chi connectivity index (χ0n) is 11.9. The van der Waals surface area contributed by atoms with Gasteiger partial charge < -0.3 is 5.32 Å². The summed E-state index contributed by atoms with van der Waals surface area (Å²) in [6.07, 6.45) is 4.08. The molecule has 0 bridgehead atoms. The molecule has 1 heterocycles. The molecule has 1 aromatic heterocycles. The number of para-hydroxylation sites is 2. The first-order valence-electron chi connectivity index (χ1n) is 6.83. The van der Waals surface area contributed by atoms with E-state index in [9.17, 15) is 0 Å². The van der Waals surface area contributed by atoms with Crippen molar-refractivity contribution in [2.24, 2.45) is 0 Å². The van der Waals surface area contributed by atoms with Crippen LogP contribution in [-0.4, -0.2) is 16.0 Å². The molecule has 1 N–H and O–H groups in total. The SMILES string of the molecule is CSc1ccccc1NCc1ccn(-c2ccccc2)n1. The minimum absolute atomic E-state index is 0.720. The second-order valence-corrected chi connectivity index (χ2v) is 5.49. The largest absolute Gasteiger partial charge is 0.378 e. The van der Waals surface area contributed by atoms with Crippen molar-refractivity contribution in [2.45, 2.75) is 11.4 Å². The van der Waals surface area contributed by atoms with Crippen molar-refractivity contribution in [2.75, 3.05) is 11.6 Å². The molecule has 3 nitrogen and oxygen atoms in total. The van der Waals surface area contributed by atoms with Gasteiger partial charge in [0.2, 0.25) is 0 Å². The van der Waals surface area contributed by atoms with E-state index in [4.69, 9.17) is 0 Å². The Morgan fingerprint density at radius 1 is 1.00 bits per heavy atom. The minimum atomic E-state index is 0.720. The average Bonchev–Trinajstić information content (AvgIpc) is 3.03. The van der Waals surface area contributed by atoms with Crippen molar-refractivity contribution in [3.05, 3.63) is 72.6 Å². The van der Waals surface area contributed by atoms with E-state index in [-0.39, 0.29) is 0 Å². The maximum atomic E-state index is 4.60. The van der Waals surface area contributed by atoms with Gasteiger partial charge in [0.25, 0.3) is 0 Å². The first-order chi connectivity index (χ1) is 10.4. The van der Waals surface area contributed by atoms with E-state index >= 15 is 0 Å². The van der Waals surface area contributed by atoms with Crippen LogP contribution in [-0.2, 0) is 6.54 Å². The average molecular weight is 295 g/mol. The highest BCUT2D eigenvalue weighted by Gasteiger charge is 2.03. The van der Waals surface area contributed by atoms with Gasteiger partial charge in [0, 0.05) is 16.8 Å². The number of anilines is 1. The molecule has 0 aliphatic carbocycles. The number of aromatic nitrogens is 2. The molecule has 0 aliphatic heterocycles. The van der Waals surface area contributed by atoms with Gasteiger partial charge in [-0.05, 0) is 36.6 Å². The lowest BCUT2D eigenvalue weighted by Crippen LogP contribution is -2.02. The number of benzene rings is 2. The third-order valence-electron chi connectivity index (χ3n) is 3.23. The van der Waals surface area contributed by atoms with E-state index in [1.165, 1.54) is 4.90 Å². The maximum absolute atomic E-state index is 4.60. The Bertz CT molecular complexity index is 707. The molecular weight excluding hydrogens is 278 g/mol. The van der Waals surface area contributed by atoms with E-state index in [1.54, 1.807) is 11.8 Å². The number of hydrogen-bond donors (Lipinski definition) is 1. The molecule has 0 spiro atoms. The molecule has 0 saturated heterocycles. The van der Waals surface area contributed by atoms with Gasteiger partial charge in [-0.15, -0.1) is 11.8 Å². The molecule has 0 aliphatic rings. The molecule has 3 rings (SSSR count). The number of nitrogens with zero attached hydrogens (tertiary/aromatic N) is 2. The Morgan fingerprint density at radius 3 is 2.57 bits per heavy atom. The summed E-state index contributed by atoms with van der Waals surface area (Å²) >= 11 is 1.74. The lowest BCUT2D eigenvalue weighted by molar-refractivity contribution is 0.843. The van der Waals surface area contributed by atoms with E-state index in [1.807, 2.05) is 53.3 Å². The summed E-state index contributed by atoms with van der Waals surface area (Å²) in [5.74, 6) is 0. The fraction of sp³-hybridized carbons (Fsp3) is 0.118. The lowest BCUT2D eigenvalue weighted by atomic mass is 10.3. The van der Waals surface area contributed by atoms with Crippen molar-refractivity contribution < 1.29 is 0 Å². The van der Waals surface area contributed by atoms with Gasteiger partial charge in [-0.25, -0.2) is 4.68 Å². The highest BCUT2D eigenvalue weighted by atomic mass is 32.2. The highest BCUT2D eigenvalue weighted by Crippen LogP contribution is 2.24. The predicted octanol–water partition coefficient (Wildman–Crippen LogP) is 4.21. The molecule has 2 aromatic carbocycles. The fourth-order valence-corrected chi connectivity index (χ4v) is 2.73. The van der Waals surface area contributed by atoms with Crippen LogP contribution in [0.25, 0.3) is 5.69 Å². The van der Waals surface area contributed by atoms with Crippen LogP contribution in [0.3, 0.4) is 0 Å². The zero-order valence-corrected chi connectivity index (χ0v) is 12.7. The molecule has 0 fully saturated rings. The summed E-state index contributed by atoms with van der Waals surface area (Å²) in [6.45, 7) is 0.720. The molecule has 106 valence electrons. The topological polar surface area (TPSA) is 29.9 Å². The third-order valence-corrected chi connectivity index (χ3v) is 4.03. The van der Waals surface area contributed by atoms with Gasteiger partial charge in [-0.1, -0.05) is 30.3 Å². The zero-order chi connectivity index (χ0) is 14.5. The molecule has 0 atom stereocenters. The van der Waals surface area contributed by atoms with Crippen molar-refractivity contribution in [3.63, 3.8) is 0 Å². The molecular formula is C17H17N3S. The number of rotatable bonds is 5. The van der Waals surface area contributed by atoms with Crippen molar-refractivity contribution >= 4 is 17.4 Å². The summed E-state index contributed by atoms with van der Waals surface area (Å²) in [7, 11) is 0. The Hall–Kier alpha value is -2.20. The quantitative estimate of drug-likeness (QED) is 0.715. The summed E-state index contributed by atoms with van der Waals surface area (Å²) in [4.78, 5) is 1.25. The third kappa shape index (κ3) is 3.28. The van der Waals surface area contributed by atoms with Crippen LogP contribution in [0.1, 0.15) is 5.69 Å². The Balaban J connectivity index is 1.71. The fourth-order valence-electron chi connectivity index (χ4n) is 2.16. The minimum Gasteiger partial charge on any atom is -0.378 e. The van der Waals surface area contributed by atoms with Gasteiger partial charge in [-0.3, -0.25) is 0 Å². The molecule has 0 amide bonds. The Kier molecular flexibility index (Phi) is 4.26. The van der Waals surface area contributed by atoms with Crippen LogP contribution in [0, 0.1) is 0 Å². The Morgan fingerprint density at radius 2 is 1.76 bits per heavy atom. The highest BCUT2D eigenvalue weighted by molar-refractivity contribution is 7.98. The van der Waals surface area contributed by atoms with E-state index in [0.29, 0.717) is 0 Å². The van der Waals surface area contributed by atoms with Crippen LogP contribution in [0.5, 0.6) is 0 Å². The number of nitrogens with one attached hydrogen (secondary N) is 1. The summed E-state index contributed by atoms with van der Waals surface area (Å²) < 4.78 is 1.90. The van der Waals surface area contributed by atoms with Crippen molar-refractivity contribution in [1.82, 2.24) is 9.78 Å². The van der Waals surface area contributed by atoms with Crippen molar-refractivity contribution in [3.8, 4) is 5.69 Å². The molecule has 3 aromatic rings. The Labute approximate surface area is 129 Å². The second-order valence-electron chi connectivity index (χ2n) is 4.64. The van der Waals surface area contributed by atoms with Gasteiger partial charge in [0.05, 0.1) is 17.9 Å². The van der Waals surface area contributed by atoms with E-state index in [0.717, 1.165) is 23.6 Å². The van der Waals surface area contributed by atoms with E-state index < -0.39 is 0 Å². The van der Waals surface area contributed by atoms with Gasteiger partial charge >= 0.3 is 0 Å². The van der Waals surface area contributed by atoms with Gasteiger partial charge in [0.1, 0.15) is 0 Å². The predicted molar refractivity (Wildman–Crippen MR) is 89.1 cm³/mol. The van der Waals surface area contributed by atoms with Crippen LogP contribution in [0.4, 0.5) is 5.69 Å². The van der Waals surface area contributed by atoms with Crippen molar-refractivity contribution in [1.29, 1.82) is 0 Å². The lowest BCUT2D eigenvalue weighted by Gasteiger charge is -2.08. The molecule has 0 radical (unpaired) electrons. The smallest absolute Gasteiger partial charge is 0.0819 e. The standard InChI is InChI=1S/C17H17N3S/c1-21-17-10-6-5-9-16(17)18-13-14-11-12-20(19-14)15-7-3-2-4-8-15/h2-12,18H,13H2,1H3. The maximum Gasteiger partial charge on any atom is 0.0819 e. The van der Waals surface area contributed by atoms with Gasteiger partial charge in [-0.2, -0.15) is 5.10 Å². The molecule has 0 unspecified atom stereocenters. The second kappa shape index (κ2) is 6.50. The normalized spacial score (nSPS) is 10.5. The summed E-state index contributed by atoms with van der Waals surface area (Å²) in [5, 5.41) is 8.05. The van der Waals surface area contributed by atoms with E-state index in [2.05, 4.69) is 34.9 Å². The van der Waals surface area contributed by atoms with Crippen LogP contribution < -0.4 is 5.32 Å². The summed E-state index contributed by atoms with van der Waals surface area (Å²) in [5.41, 5.74) is 3.25. The summed E-state index contributed by atoms with van der Waals surface area (Å²) in [6, 6.07) is 20.5. The van der Waals surface area contributed by atoms with Crippen LogP contribution >= 0.6 is 11.8 Å².